The van der Waals surface area contributed by atoms with Crippen molar-refractivity contribution in [2.24, 2.45) is 0 Å². The Balaban J connectivity index is 1.70. The molecule has 2 aliphatic rings. The Morgan fingerprint density at radius 2 is 2.36 bits per heavy atom. The van der Waals surface area contributed by atoms with E-state index in [4.69, 9.17) is 4.74 Å². The zero-order chi connectivity index (χ0) is 7.73. The lowest BCUT2D eigenvalue weighted by Crippen LogP contribution is -2.08. The molecule has 1 heteroatoms. The average Bonchev–Trinajstić information content (AvgIpc) is 2.55. The van der Waals surface area contributed by atoms with Crippen molar-refractivity contribution >= 4 is 0 Å². The monoisotopic (exact) mass is 154 g/mol. The van der Waals surface area contributed by atoms with Crippen LogP contribution in [0.25, 0.3) is 0 Å². The van der Waals surface area contributed by atoms with Crippen LogP contribution in [-0.4, -0.2) is 11.7 Å². The first-order valence-electron chi connectivity index (χ1n) is 5.05. The van der Waals surface area contributed by atoms with Gasteiger partial charge in [-0.15, -0.1) is 0 Å². The normalized spacial score (nSPS) is 40.6. The largest absolute Gasteiger partial charge is 0.366 e. The maximum atomic E-state index is 5.69. The highest BCUT2D eigenvalue weighted by Crippen LogP contribution is 2.52. The zero-order valence-electron chi connectivity index (χ0n) is 7.44. The molecule has 1 heterocycles. The van der Waals surface area contributed by atoms with E-state index in [0.29, 0.717) is 11.7 Å². The molecule has 1 saturated carbocycles. The molecule has 2 fully saturated rings. The first-order valence-corrected chi connectivity index (χ1v) is 5.05. The van der Waals surface area contributed by atoms with Gasteiger partial charge < -0.3 is 4.74 Å². The molecule has 0 radical (unpaired) electrons. The van der Waals surface area contributed by atoms with E-state index in [9.17, 15) is 0 Å². The van der Waals surface area contributed by atoms with Crippen molar-refractivity contribution in [3.8, 4) is 0 Å². The van der Waals surface area contributed by atoms with Crippen LogP contribution in [0.5, 0.6) is 0 Å². The van der Waals surface area contributed by atoms with Gasteiger partial charge in [0.1, 0.15) is 0 Å². The zero-order valence-corrected chi connectivity index (χ0v) is 7.44. The molecule has 2 atom stereocenters. The molecule has 64 valence electrons. The summed E-state index contributed by atoms with van der Waals surface area (Å²) in [6.07, 6.45) is 10.2. The van der Waals surface area contributed by atoms with Crippen molar-refractivity contribution in [3.05, 3.63) is 0 Å². The van der Waals surface area contributed by atoms with Crippen LogP contribution in [0.2, 0.25) is 0 Å². The van der Waals surface area contributed by atoms with Crippen LogP contribution in [0.4, 0.5) is 0 Å². The Hall–Kier alpha value is -0.0400. The predicted molar refractivity (Wildman–Crippen MR) is 45.6 cm³/mol. The second-order valence-corrected chi connectivity index (χ2v) is 4.02. The van der Waals surface area contributed by atoms with E-state index in [2.05, 4.69) is 6.92 Å². The van der Waals surface area contributed by atoms with Crippen LogP contribution in [-0.2, 0) is 4.74 Å². The van der Waals surface area contributed by atoms with Crippen molar-refractivity contribution in [2.75, 3.05) is 0 Å². The molecule has 2 rings (SSSR count). The van der Waals surface area contributed by atoms with E-state index in [1.54, 1.807) is 0 Å². The van der Waals surface area contributed by atoms with Gasteiger partial charge in [0.25, 0.3) is 0 Å². The summed E-state index contributed by atoms with van der Waals surface area (Å²) in [4.78, 5) is 0. The molecule has 1 saturated heterocycles. The number of unbranched alkanes of at least 4 members (excludes halogenated alkanes) is 2. The lowest BCUT2D eigenvalue weighted by molar-refractivity contribution is 0.237. The molecule has 1 nitrogen and oxygen atoms in total. The summed E-state index contributed by atoms with van der Waals surface area (Å²) in [6.45, 7) is 2.26. The second-order valence-electron chi connectivity index (χ2n) is 4.02. The van der Waals surface area contributed by atoms with E-state index < -0.39 is 0 Å². The fraction of sp³-hybridized carbons (Fsp3) is 1.00. The van der Waals surface area contributed by atoms with E-state index in [1.807, 2.05) is 0 Å². The molecule has 0 aromatic carbocycles. The van der Waals surface area contributed by atoms with Gasteiger partial charge in [-0.05, 0) is 25.7 Å². The number of epoxide rings is 1. The van der Waals surface area contributed by atoms with Gasteiger partial charge in [-0.2, -0.15) is 0 Å². The topological polar surface area (TPSA) is 12.5 Å². The van der Waals surface area contributed by atoms with E-state index >= 15 is 0 Å². The second kappa shape index (κ2) is 2.78. The quantitative estimate of drug-likeness (QED) is 0.448. The predicted octanol–water partition coefficient (Wildman–Crippen LogP) is 2.89. The SMILES string of the molecule is CCCCCC12CCCC1O2. The van der Waals surface area contributed by atoms with Gasteiger partial charge in [-0.25, -0.2) is 0 Å². The number of hydrogen-bond donors (Lipinski definition) is 0. The van der Waals surface area contributed by atoms with Crippen molar-refractivity contribution in [2.45, 2.75) is 63.6 Å². The maximum Gasteiger partial charge on any atom is 0.0948 e. The Morgan fingerprint density at radius 1 is 1.45 bits per heavy atom. The van der Waals surface area contributed by atoms with Gasteiger partial charge in [-0.3, -0.25) is 0 Å². The molecule has 0 amide bonds. The van der Waals surface area contributed by atoms with Gasteiger partial charge in [0.05, 0.1) is 11.7 Å². The minimum atomic E-state index is 0.412. The van der Waals surface area contributed by atoms with Crippen molar-refractivity contribution < 1.29 is 4.74 Å². The average molecular weight is 154 g/mol. The summed E-state index contributed by atoms with van der Waals surface area (Å²) in [6, 6.07) is 0. The van der Waals surface area contributed by atoms with E-state index in [1.165, 1.54) is 44.9 Å². The summed E-state index contributed by atoms with van der Waals surface area (Å²) in [5, 5.41) is 0. The van der Waals surface area contributed by atoms with Gasteiger partial charge >= 0.3 is 0 Å². The Labute approximate surface area is 69.1 Å². The smallest absolute Gasteiger partial charge is 0.0948 e. The van der Waals surface area contributed by atoms with Crippen molar-refractivity contribution in [3.63, 3.8) is 0 Å². The van der Waals surface area contributed by atoms with Gasteiger partial charge in [-0.1, -0.05) is 26.2 Å². The van der Waals surface area contributed by atoms with Crippen LogP contribution in [0.3, 0.4) is 0 Å². The molecule has 0 aromatic rings. The van der Waals surface area contributed by atoms with Gasteiger partial charge in [0.2, 0.25) is 0 Å². The highest BCUT2D eigenvalue weighted by molar-refractivity contribution is 5.06. The summed E-state index contributed by atoms with van der Waals surface area (Å²) in [5.41, 5.74) is 0.412. The highest BCUT2D eigenvalue weighted by atomic mass is 16.6. The summed E-state index contributed by atoms with van der Waals surface area (Å²) < 4.78 is 5.69. The number of hydrogen-bond acceptors (Lipinski definition) is 1. The fourth-order valence-electron chi connectivity index (χ4n) is 2.40. The first-order chi connectivity index (χ1) is 5.37. The fourth-order valence-corrected chi connectivity index (χ4v) is 2.40. The van der Waals surface area contributed by atoms with Gasteiger partial charge in [0.15, 0.2) is 0 Å². The lowest BCUT2D eigenvalue weighted by atomic mass is 9.99. The number of rotatable bonds is 4. The third kappa shape index (κ3) is 1.31. The minimum Gasteiger partial charge on any atom is -0.366 e. The summed E-state index contributed by atoms with van der Waals surface area (Å²) in [7, 11) is 0. The first kappa shape index (κ1) is 7.60. The molecular weight excluding hydrogens is 136 g/mol. The Bertz CT molecular complexity index is 144. The minimum absolute atomic E-state index is 0.412. The Kier molecular flexibility index (Phi) is 1.92. The van der Waals surface area contributed by atoms with Crippen LogP contribution >= 0.6 is 0 Å². The van der Waals surface area contributed by atoms with Gasteiger partial charge in [0, 0.05) is 0 Å². The van der Waals surface area contributed by atoms with Crippen molar-refractivity contribution in [1.82, 2.24) is 0 Å². The summed E-state index contributed by atoms with van der Waals surface area (Å²) in [5.74, 6) is 0. The molecular formula is C10H18O. The third-order valence-corrected chi connectivity index (χ3v) is 3.18. The molecule has 0 bridgehead atoms. The molecule has 0 N–H and O–H groups in total. The molecule has 0 aromatic heterocycles. The van der Waals surface area contributed by atoms with Crippen LogP contribution in [0.15, 0.2) is 0 Å². The highest BCUT2D eigenvalue weighted by Gasteiger charge is 2.58. The van der Waals surface area contributed by atoms with Crippen LogP contribution in [0, 0.1) is 0 Å². The van der Waals surface area contributed by atoms with Crippen LogP contribution in [0.1, 0.15) is 51.9 Å². The standard InChI is InChI=1S/C10H18O/c1-2-3-4-7-10-8-5-6-9(10)11-10/h9H,2-8H2,1H3. The van der Waals surface area contributed by atoms with E-state index in [0.717, 1.165) is 0 Å². The summed E-state index contributed by atoms with van der Waals surface area (Å²) >= 11 is 0. The lowest BCUT2D eigenvalue weighted by Gasteiger charge is -2.06. The molecule has 0 spiro atoms. The van der Waals surface area contributed by atoms with Crippen molar-refractivity contribution in [1.29, 1.82) is 0 Å². The number of fused-ring (bicyclic) bond motifs is 1. The maximum absolute atomic E-state index is 5.69. The molecule has 2 unspecified atom stereocenters. The Morgan fingerprint density at radius 3 is 2.91 bits per heavy atom. The third-order valence-electron chi connectivity index (χ3n) is 3.18. The molecule has 1 aliphatic heterocycles. The molecule has 1 aliphatic carbocycles. The molecule has 11 heavy (non-hydrogen) atoms. The number of ether oxygens (including phenoxy) is 1. The van der Waals surface area contributed by atoms with Crippen LogP contribution < -0.4 is 0 Å². The van der Waals surface area contributed by atoms with E-state index in [-0.39, 0.29) is 0 Å².